The summed E-state index contributed by atoms with van der Waals surface area (Å²) in [6.07, 6.45) is -0.467. The minimum atomic E-state index is -3.76. The molecule has 2 unspecified atom stereocenters. The third kappa shape index (κ3) is 4.67. The van der Waals surface area contributed by atoms with Crippen molar-refractivity contribution >= 4 is 32.7 Å². The van der Waals surface area contributed by atoms with Crippen LogP contribution in [0.25, 0.3) is 10.9 Å². The van der Waals surface area contributed by atoms with Gasteiger partial charge in [0, 0.05) is 10.9 Å². The summed E-state index contributed by atoms with van der Waals surface area (Å²) in [6.45, 7) is 7.81. The van der Waals surface area contributed by atoms with Gasteiger partial charge in [0.2, 0.25) is 0 Å². The Morgan fingerprint density at radius 3 is 2.48 bits per heavy atom. The zero-order valence-corrected chi connectivity index (χ0v) is 19.4. The lowest BCUT2D eigenvalue weighted by Gasteiger charge is -2.33. The van der Waals surface area contributed by atoms with Crippen molar-refractivity contribution in [2.45, 2.75) is 52.7 Å². The highest BCUT2D eigenvalue weighted by Gasteiger charge is 2.48. The van der Waals surface area contributed by atoms with Crippen LogP contribution < -0.4 is 5.32 Å². The molecule has 5 nitrogen and oxygen atoms in total. The highest BCUT2D eigenvalue weighted by molar-refractivity contribution is 9.10. The Kier molecular flexibility index (Phi) is 6.30. The summed E-state index contributed by atoms with van der Waals surface area (Å²) in [5.41, 5.74) is -1.33. The third-order valence-corrected chi connectivity index (χ3v) is 5.47. The van der Waals surface area contributed by atoms with E-state index in [1.54, 1.807) is 26.1 Å². The molecule has 0 aliphatic heterocycles. The minimum absolute atomic E-state index is 0.0378. The molecule has 0 aliphatic carbocycles. The first-order valence-corrected chi connectivity index (χ1v) is 10.5. The van der Waals surface area contributed by atoms with Gasteiger partial charge in [-0.05, 0) is 47.3 Å². The number of nitrogens with one attached hydrogen (secondary N) is 1. The molecule has 0 bridgehead atoms. The number of aliphatic hydroxyl groups is 1. The Labute approximate surface area is 187 Å². The van der Waals surface area contributed by atoms with Gasteiger partial charge in [-0.3, -0.25) is 0 Å². The van der Waals surface area contributed by atoms with Crippen molar-refractivity contribution in [3.63, 3.8) is 0 Å². The molecule has 166 valence electrons. The lowest BCUT2D eigenvalue weighted by Crippen LogP contribution is -2.41. The summed E-state index contributed by atoms with van der Waals surface area (Å²) in [4.78, 5) is 12.9. The second kappa shape index (κ2) is 8.35. The van der Waals surface area contributed by atoms with E-state index in [0.717, 1.165) is 6.07 Å². The maximum atomic E-state index is 15.2. The van der Waals surface area contributed by atoms with Crippen molar-refractivity contribution < 1.29 is 18.3 Å². The van der Waals surface area contributed by atoms with Gasteiger partial charge in [-0.15, -0.1) is 0 Å². The Hall–Kier alpha value is -2.26. The molecule has 2 heterocycles. The fraction of sp³-hybridized carbons (Fsp3) is 0.409. The summed E-state index contributed by atoms with van der Waals surface area (Å²) in [5.74, 6) is -3.90. The first-order chi connectivity index (χ1) is 14.3. The zero-order chi connectivity index (χ0) is 23.1. The molecule has 3 rings (SSSR count). The molecule has 2 aromatic heterocycles. The van der Waals surface area contributed by atoms with Gasteiger partial charge in [-0.1, -0.05) is 32.9 Å². The molecule has 0 radical (unpaired) electrons. The minimum Gasteiger partial charge on any atom is -0.386 e. The molecule has 0 saturated carbocycles. The smallest absolute Gasteiger partial charge is 0.301 e. The number of anilines is 1. The van der Waals surface area contributed by atoms with Crippen LogP contribution in [0, 0.1) is 18.2 Å². The highest BCUT2D eigenvalue weighted by atomic mass is 79.9. The van der Waals surface area contributed by atoms with Crippen LogP contribution in [0.2, 0.25) is 0 Å². The molecule has 9 heteroatoms. The topological polar surface area (TPSA) is 70.9 Å². The van der Waals surface area contributed by atoms with E-state index in [0.29, 0.717) is 27.1 Å². The molecule has 0 amide bonds. The van der Waals surface area contributed by atoms with Gasteiger partial charge in [0.1, 0.15) is 28.2 Å². The van der Waals surface area contributed by atoms with E-state index in [1.807, 2.05) is 0 Å². The Balaban J connectivity index is 2.01. The van der Waals surface area contributed by atoms with Gasteiger partial charge < -0.3 is 10.4 Å². The van der Waals surface area contributed by atoms with Crippen LogP contribution in [-0.4, -0.2) is 26.2 Å². The lowest BCUT2D eigenvalue weighted by atomic mass is 9.82. The van der Waals surface area contributed by atoms with Crippen molar-refractivity contribution in [2.75, 3.05) is 5.32 Å². The average molecular weight is 497 g/mol. The maximum Gasteiger partial charge on any atom is 0.301 e. The summed E-state index contributed by atoms with van der Waals surface area (Å²) in [5, 5.41) is 13.9. The van der Waals surface area contributed by atoms with Crippen molar-refractivity contribution in [3.05, 3.63) is 57.8 Å². The van der Waals surface area contributed by atoms with Crippen LogP contribution in [0.4, 0.5) is 19.0 Å². The van der Waals surface area contributed by atoms with E-state index in [4.69, 9.17) is 0 Å². The first-order valence-electron chi connectivity index (χ1n) is 9.73. The second-order valence-corrected chi connectivity index (χ2v) is 9.42. The Morgan fingerprint density at radius 2 is 1.84 bits per heavy atom. The van der Waals surface area contributed by atoms with E-state index in [-0.39, 0.29) is 5.56 Å². The Morgan fingerprint density at radius 1 is 1.16 bits per heavy atom. The van der Waals surface area contributed by atoms with Crippen LogP contribution >= 0.6 is 15.9 Å². The number of rotatable bonds is 5. The van der Waals surface area contributed by atoms with Crippen LogP contribution in [0.3, 0.4) is 0 Å². The van der Waals surface area contributed by atoms with Gasteiger partial charge in [-0.25, -0.2) is 19.3 Å². The van der Waals surface area contributed by atoms with Gasteiger partial charge >= 0.3 is 5.92 Å². The third-order valence-electron chi connectivity index (χ3n) is 5.03. The quantitative estimate of drug-likeness (QED) is 0.429. The van der Waals surface area contributed by atoms with Crippen LogP contribution in [0.1, 0.15) is 50.7 Å². The van der Waals surface area contributed by atoms with E-state index in [9.17, 15) is 13.9 Å². The predicted octanol–water partition coefficient (Wildman–Crippen LogP) is 5.91. The van der Waals surface area contributed by atoms with Crippen LogP contribution in [-0.2, 0) is 5.92 Å². The molecule has 0 saturated heterocycles. The predicted molar refractivity (Wildman–Crippen MR) is 118 cm³/mol. The summed E-state index contributed by atoms with van der Waals surface area (Å²) in [6, 6.07) is 4.84. The molecule has 31 heavy (non-hydrogen) atoms. The molecular formula is C22H24BrF3N4O. The number of hydrogen-bond acceptors (Lipinski definition) is 5. The molecule has 2 N–H and O–H groups in total. The molecule has 0 aliphatic rings. The number of aryl methyl sites for hydroxylation is 1. The SMILES string of the molecule is Cc1nc(NC(C)c2cccc(C(F)(F)C(O)C(C)(C)C)c2F)c2cc(Br)ncc2n1. The van der Waals surface area contributed by atoms with E-state index in [2.05, 4.69) is 36.2 Å². The van der Waals surface area contributed by atoms with Crippen molar-refractivity contribution in [1.82, 2.24) is 15.0 Å². The number of halogens is 4. The fourth-order valence-electron chi connectivity index (χ4n) is 3.35. The molecule has 1 aromatic carbocycles. The normalized spacial score (nSPS) is 14.5. The van der Waals surface area contributed by atoms with Crippen LogP contribution in [0.5, 0.6) is 0 Å². The van der Waals surface area contributed by atoms with E-state index in [1.165, 1.54) is 32.9 Å². The fourth-order valence-corrected chi connectivity index (χ4v) is 3.68. The number of benzene rings is 1. The van der Waals surface area contributed by atoms with Gasteiger partial charge in [0.25, 0.3) is 0 Å². The number of aromatic nitrogens is 3. The molecule has 3 aromatic rings. The molecule has 2 atom stereocenters. The van der Waals surface area contributed by atoms with E-state index >= 15 is 4.39 Å². The largest absolute Gasteiger partial charge is 0.386 e. The van der Waals surface area contributed by atoms with Crippen LogP contribution in [0.15, 0.2) is 35.1 Å². The Bertz CT molecular complexity index is 1120. The summed E-state index contributed by atoms with van der Waals surface area (Å²) in [7, 11) is 0. The average Bonchev–Trinajstić information content (AvgIpc) is 2.67. The zero-order valence-electron chi connectivity index (χ0n) is 17.8. The van der Waals surface area contributed by atoms with E-state index < -0.39 is 34.9 Å². The number of aliphatic hydroxyl groups excluding tert-OH is 1. The second-order valence-electron chi connectivity index (χ2n) is 8.61. The molecular weight excluding hydrogens is 473 g/mol. The maximum absolute atomic E-state index is 15.2. The lowest BCUT2D eigenvalue weighted by molar-refractivity contribution is -0.157. The monoisotopic (exact) mass is 496 g/mol. The first kappa shape index (κ1) is 23.4. The number of nitrogens with zero attached hydrogens (tertiary/aromatic N) is 3. The molecule has 0 fully saturated rings. The van der Waals surface area contributed by atoms with Gasteiger partial charge in [-0.2, -0.15) is 8.78 Å². The number of fused-ring (bicyclic) bond motifs is 1. The van der Waals surface area contributed by atoms with Gasteiger partial charge in [0.05, 0.1) is 23.3 Å². The standard InChI is InChI=1S/C22H24BrF3N4O/c1-11(28-19-14-9-17(23)27-10-16(14)29-12(2)30-19)13-7-6-8-15(18(13)24)22(25,26)20(31)21(3,4)5/h6-11,20,31H,1-5H3,(H,28,29,30). The number of pyridine rings is 1. The summed E-state index contributed by atoms with van der Waals surface area (Å²) >= 11 is 3.31. The highest BCUT2D eigenvalue weighted by Crippen LogP contribution is 2.42. The van der Waals surface area contributed by atoms with Gasteiger partial charge in [0.15, 0.2) is 0 Å². The summed E-state index contributed by atoms with van der Waals surface area (Å²) < 4.78 is 45.7. The number of alkyl halides is 2. The van der Waals surface area contributed by atoms with Crippen molar-refractivity contribution in [2.24, 2.45) is 5.41 Å². The van der Waals surface area contributed by atoms with Crippen molar-refractivity contribution in [3.8, 4) is 0 Å². The molecule has 0 spiro atoms. The van der Waals surface area contributed by atoms with Crippen molar-refractivity contribution in [1.29, 1.82) is 0 Å². The number of hydrogen-bond donors (Lipinski definition) is 2.